The van der Waals surface area contributed by atoms with Crippen LogP contribution < -0.4 is 15.0 Å². The largest absolute Gasteiger partial charge is 0.494 e. The van der Waals surface area contributed by atoms with Crippen LogP contribution in [0.15, 0.2) is 48.5 Å². The molecule has 1 heterocycles. The molecule has 0 aromatic heterocycles. The van der Waals surface area contributed by atoms with Crippen LogP contribution in [-0.4, -0.2) is 38.8 Å². The molecule has 142 valence electrons. The number of amides is 1. The van der Waals surface area contributed by atoms with Crippen molar-refractivity contribution in [3.8, 4) is 5.75 Å². The highest BCUT2D eigenvalue weighted by Gasteiger charge is 2.10. The molecule has 2 aromatic rings. The lowest BCUT2D eigenvalue weighted by Gasteiger charge is -2.28. The first-order valence-electron chi connectivity index (χ1n) is 9.31. The quantitative estimate of drug-likeness (QED) is 0.788. The van der Waals surface area contributed by atoms with Gasteiger partial charge in [0.15, 0.2) is 0 Å². The van der Waals surface area contributed by atoms with E-state index in [1.165, 1.54) is 5.69 Å². The third-order valence-electron chi connectivity index (χ3n) is 4.44. The number of anilines is 2. The maximum Gasteiger partial charge on any atom is 0.248 e. The average Bonchev–Trinajstić information content (AvgIpc) is 2.70. The van der Waals surface area contributed by atoms with Gasteiger partial charge in [0.05, 0.1) is 19.8 Å². The Morgan fingerprint density at radius 1 is 1.19 bits per heavy atom. The number of carbonyl (C=O) groups excluding carboxylic acids is 1. The molecule has 0 unspecified atom stereocenters. The van der Waals surface area contributed by atoms with Gasteiger partial charge >= 0.3 is 0 Å². The van der Waals surface area contributed by atoms with Crippen LogP contribution in [0.3, 0.4) is 0 Å². The van der Waals surface area contributed by atoms with Crippen LogP contribution in [0.1, 0.15) is 18.1 Å². The summed E-state index contributed by atoms with van der Waals surface area (Å²) in [6, 6.07) is 13.8. The molecule has 0 bridgehead atoms. The lowest BCUT2D eigenvalue weighted by atomic mass is 10.1. The lowest BCUT2D eigenvalue weighted by molar-refractivity contribution is -0.111. The fraction of sp³-hybridized carbons (Fsp3) is 0.318. The molecule has 1 fully saturated rings. The third-order valence-corrected chi connectivity index (χ3v) is 4.44. The van der Waals surface area contributed by atoms with E-state index in [0.29, 0.717) is 6.61 Å². The Morgan fingerprint density at radius 2 is 1.93 bits per heavy atom. The zero-order chi connectivity index (χ0) is 19.1. The van der Waals surface area contributed by atoms with Crippen molar-refractivity contribution in [1.82, 2.24) is 0 Å². The molecule has 2 aromatic carbocycles. The minimum Gasteiger partial charge on any atom is -0.494 e. The van der Waals surface area contributed by atoms with Crippen LogP contribution in [0.25, 0.3) is 6.08 Å². The number of hydrogen-bond acceptors (Lipinski definition) is 4. The number of nitrogens with one attached hydrogen (secondary N) is 1. The second-order valence-electron chi connectivity index (χ2n) is 6.43. The van der Waals surface area contributed by atoms with E-state index in [9.17, 15) is 4.79 Å². The van der Waals surface area contributed by atoms with E-state index in [-0.39, 0.29) is 5.91 Å². The summed E-state index contributed by atoms with van der Waals surface area (Å²) in [5.74, 6) is 0.683. The summed E-state index contributed by atoms with van der Waals surface area (Å²) in [5, 5.41) is 2.88. The zero-order valence-corrected chi connectivity index (χ0v) is 15.9. The molecule has 5 heteroatoms. The number of ether oxygens (including phenoxy) is 2. The van der Waals surface area contributed by atoms with E-state index in [0.717, 1.165) is 48.9 Å². The molecule has 27 heavy (non-hydrogen) atoms. The minimum absolute atomic E-state index is 0.157. The molecule has 0 spiro atoms. The highest BCUT2D eigenvalue weighted by Crippen LogP contribution is 2.22. The zero-order valence-electron chi connectivity index (χ0n) is 15.9. The predicted molar refractivity (Wildman–Crippen MR) is 109 cm³/mol. The minimum atomic E-state index is -0.157. The average molecular weight is 366 g/mol. The molecule has 0 radical (unpaired) electrons. The van der Waals surface area contributed by atoms with Gasteiger partial charge in [-0.2, -0.15) is 0 Å². The van der Waals surface area contributed by atoms with E-state index in [1.54, 1.807) is 6.08 Å². The van der Waals surface area contributed by atoms with Crippen molar-refractivity contribution in [1.29, 1.82) is 0 Å². The number of nitrogens with zero attached hydrogens (tertiary/aromatic N) is 1. The van der Waals surface area contributed by atoms with E-state index >= 15 is 0 Å². The fourth-order valence-corrected chi connectivity index (χ4v) is 3.02. The summed E-state index contributed by atoms with van der Waals surface area (Å²) in [6.07, 6.45) is 3.37. The van der Waals surface area contributed by atoms with Gasteiger partial charge < -0.3 is 19.7 Å². The summed E-state index contributed by atoms with van der Waals surface area (Å²) in [7, 11) is 0. The van der Waals surface area contributed by atoms with Crippen molar-refractivity contribution in [2.75, 3.05) is 43.1 Å². The number of carbonyl (C=O) groups is 1. The van der Waals surface area contributed by atoms with Crippen molar-refractivity contribution in [3.63, 3.8) is 0 Å². The molecule has 0 atom stereocenters. The van der Waals surface area contributed by atoms with Gasteiger partial charge in [-0.25, -0.2) is 0 Å². The van der Waals surface area contributed by atoms with Crippen LogP contribution in [0.5, 0.6) is 5.75 Å². The molecule has 1 saturated heterocycles. The summed E-state index contributed by atoms with van der Waals surface area (Å²) in [5.41, 5.74) is 3.93. The lowest BCUT2D eigenvalue weighted by Crippen LogP contribution is -2.36. The highest BCUT2D eigenvalue weighted by atomic mass is 16.5. The van der Waals surface area contributed by atoms with Crippen molar-refractivity contribution in [3.05, 3.63) is 59.7 Å². The normalized spacial score (nSPS) is 14.4. The van der Waals surface area contributed by atoms with Crippen molar-refractivity contribution in [2.45, 2.75) is 13.8 Å². The Balaban J connectivity index is 1.57. The molecule has 0 saturated carbocycles. The summed E-state index contributed by atoms with van der Waals surface area (Å²) in [4.78, 5) is 14.5. The summed E-state index contributed by atoms with van der Waals surface area (Å²) < 4.78 is 10.9. The van der Waals surface area contributed by atoms with Gasteiger partial charge in [0.2, 0.25) is 5.91 Å². The van der Waals surface area contributed by atoms with E-state index in [2.05, 4.69) is 22.3 Å². The second kappa shape index (κ2) is 9.24. The smallest absolute Gasteiger partial charge is 0.248 e. The number of hydrogen-bond donors (Lipinski definition) is 1. The van der Waals surface area contributed by atoms with Gasteiger partial charge in [0.25, 0.3) is 0 Å². The fourth-order valence-electron chi connectivity index (χ4n) is 3.02. The first-order chi connectivity index (χ1) is 13.2. The number of rotatable bonds is 6. The molecular weight excluding hydrogens is 340 g/mol. The number of benzene rings is 2. The Labute approximate surface area is 160 Å². The summed E-state index contributed by atoms with van der Waals surface area (Å²) >= 11 is 0. The number of aryl methyl sites for hydroxylation is 1. The van der Waals surface area contributed by atoms with Crippen LogP contribution >= 0.6 is 0 Å². The molecule has 1 aliphatic rings. The summed E-state index contributed by atoms with van der Waals surface area (Å²) in [6.45, 7) is 7.91. The molecular formula is C22H26N2O3. The van der Waals surface area contributed by atoms with Gasteiger partial charge in [-0.05, 0) is 61.4 Å². The maximum atomic E-state index is 12.2. The molecule has 3 rings (SSSR count). The van der Waals surface area contributed by atoms with E-state index in [4.69, 9.17) is 9.47 Å². The van der Waals surface area contributed by atoms with Crippen LogP contribution in [0.4, 0.5) is 11.4 Å². The molecule has 5 nitrogen and oxygen atoms in total. The molecule has 0 aliphatic carbocycles. The first-order valence-corrected chi connectivity index (χ1v) is 9.31. The second-order valence-corrected chi connectivity index (χ2v) is 6.43. The standard InChI is InChI=1S/C22H26N2O3/c1-3-27-21-10-7-19(16-17(21)2)23-22(25)11-6-18-4-8-20(9-5-18)24-12-14-26-15-13-24/h4-11,16H,3,12-15H2,1-2H3,(H,23,25)/b11-6+. The monoisotopic (exact) mass is 366 g/mol. The Kier molecular flexibility index (Phi) is 6.49. The third kappa shape index (κ3) is 5.34. The SMILES string of the molecule is CCOc1ccc(NC(=O)/C=C/c2ccc(N3CCOCC3)cc2)cc1C. The van der Waals surface area contributed by atoms with Crippen molar-refractivity contribution >= 4 is 23.4 Å². The molecule has 1 N–H and O–H groups in total. The number of morpholine rings is 1. The topological polar surface area (TPSA) is 50.8 Å². The van der Waals surface area contributed by atoms with E-state index < -0.39 is 0 Å². The molecule has 1 amide bonds. The Morgan fingerprint density at radius 3 is 2.59 bits per heavy atom. The van der Waals surface area contributed by atoms with Crippen molar-refractivity contribution < 1.29 is 14.3 Å². The van der Waals surface area contributed by atoms with Gasteiger partial charge in [-0.3, -0.25) is 4.79 Å². The Bertz CT molecular complexity index is 794. The van der Waals surface area contributed by atoms with Gasteiger partial charge in [0, 0.05) is 30.5 Å². The van der Waals surface area contributed by atoms with Gasteiger partial charge in [-0.1, -0.05) is 12.1 Å². The first kappa shape index (κ1) is 19.0. The molecule has 1 aliphatic heterocycles. The van der Waals surface area contributed by atoms with Crippen molar-refractivity contribution in [2.24, 2.45) is 0 Å². The van der Waals surface area contributed by atoms with Crippen LogP contribution in [0.2, 0.25) is 0 Å². The predicted octanol–water partition coefficient (Wildman–Crippen LogP) is 3.88. The maximum absolute atomic E-state index is 12.2. The van der Waals surface area contributed by atoms with Crippen LogP contribution in [0, 0.1) is 6.92 Å². The van der Waals surface area contributed by atoms with Gasteiger partial charge in [0.1, 0.15) is 5.75 Å². The Hall–Kier alpha value is -2.79. The van der Waals surface area contributed by atoms with Gasteiger partial charge in [-0.15, -0.1) is 0 Å². The highest BCUT2D eigenvalue weighted by molar-refractivity contribution is 6.02. The van der Waals surface area contributed by atoms with E-state index in [1.807, 2.05) is 50.3 Å². The van der Waals surface area contributed by atoms with Crippen LogP contribution in [-0.2, 0) is 9.53 Å².